The van der Waals surface area contributed by atoms with Gasteiger partial charge in [-0.05, 0) is 6.42 Å². The summed E-state index contributed by atoms with van der Waals surface area (Å²) in [6.07, 6.45) is 5.62. The molecule has 5 heteroatoms. The molecule has 0 aliphatic rings. The summed E-state index contributed by atoms with van der Waals surface area (Å²) < 4.78 is 1.97. The van der Waals surface area contributed by atoms with Gasteiger partial charge in [-0.2, -0.15) is 0 Å². The van der Waals surface area contributed by atoms with Gasteiger partial charge in [0.05, 0.1) is 0 Å². The first-order valence-electron chi connectivity index (χ1n) is 7.00. The predicted molar refractivity (Wildman–Crippen MR) is 83.0 cm³/mol. The van der Waals surface area contributed by atoms with Crippen molar-refractivity contribution in [1.82, 2.24) is 19.5 Å². The molecular weight excluding hydrogens is 262 g/mol. The smallest absolute Gasteiger partial charge is 0.163 e. The summed E-state index contributed by atoms with van der Waals surface area (Å²) in [6, 6.07) is 11.6. The topological polar surface area (TPSA) is 69.6 Å². The van der Waals surface area contributed by atoms with Crippen molar-refractivity contribution in [3.63, 3.8) is 0 Å². The maximum absolute atomic E-state index is 5.94. The fourth-order valence-corrected chi connectivity index (χ4v) is 2.24. The van der Waals surface area contributed by atoms with Crippen LogP contribution in [0.15, 0.2) is 48.8 Å². The monoisotopic (exact) mass is 279 g/mol. The molecule has 5 nitrogen and oxygen atoms in total. The first-order chi connectivity index (χ1) is 10.3. The van der Waals surface area contributed by atoms with Crippen LogP contribution >= 0.6 is 0 Å². The van der Waals surface area contributed by atoms with Crippen molar-refractivity contribution < 1.29 is 0 Å². The third-order valence-electron chi connectivity index (χ3n) is 3.20. The Bertz CT molecular complexity index is 733. The Labute approximate surface area is 123 Å². The quantitative estimate of drug-likeness (QED) is 0.797. The molecule has 0 amide bonds. The van der Waals surface area contributed by atoms with E-state index in [0.29, 0.717) is 11.6 Å². The lowest BCUT2D eigenvalue weighted by atomic mass is 10.2. The van der Waals surface area contributed by atoms with Gasteiger partial charge in [0.1, 0.15) is 17.5 Å². The normalized spacial score (nSPS) is 10.7. The van der Waals surface area contributed by atoms with Gasteiger partial charge in [0, 0.05) is 30.4 Å². The minimum atomic E-state index is 0.454. The van der Waals surface area contributed by atoms with Crippen molar-refractivity contribution in [2.45, 2.75) is 19.8 Å². The summed E-state index contributed by atoms with van der Waals surface area (Å²) in [6.45, 7) is 2.13. The number of aryl methyl sites for hydroxylation is 1. The molecule has 0 spiro atoms. The summed E-state index contributed by atoms with van der Waals surface area (Å²) in [5.74, 6) is 2.81. The third-order valence-corrected chi connectivity index (χ3v) is 3.20. The minimum absolute atomic E-state index is 0.454. The van der Waals surface area contributed by atoms with Gasteiger partial charge >= 0.3 is 0 Å². The number of nitrogens with zero attached hydrogens (tertiary/aromatic N) is 4. The lowest BCUT2D eigenvalue weighted by Crippen LogP contribution is -2.06. The number of hydrogen-bond acceptors (Lipinski definition) is 4. The maximum Gasteiger partial charge on any atom is 0.163 e. The van der Waals surface area contributed by atoms with Crippen molar-refractivity contribution in [3.8, 4) is 17.2 Å². The number of rotatable bonds is 4. The second kappa shape index (κ2) is 5.75. The molecule has 0 radical (unpaired) electrons. The van der Waals surface area contributed by atoms with Gasteiger partial charge < -0.3 is 5.73 Å². The van der Waals surface area contributed by atoms with Crippen molar-refractivity contribution in [1.29, 1.82) is 0 Å². The Morgan fingerprint density at radius 1 is 1.14 bits per heavy atom. The van der Waals surface area contributed by atoms with E-state index in [9.17, 15) is 0 Å². The Morgan fingerprint density at radius 2 is 1.95 bits per heavy atom. The van der Waals surface area contributed by atoms with E-state index >= 15 is 0 Å². The molecule has 0 unspecified atom stereocenters. The average molecular weight is 279 g/mol. The highest BCUT2D eigenvalue weighted by Crippen LogP contribution is 2.19. The SMILES string of the molecule is CCCc1nccn1-c1cc(N)nc(-c2ccccc2)n1. The molecule has 1 aromatic carbocycles. The Hall–Kier alpha value is -2.69. The van der Waals surface area contributed by atoms with E-state index in [0.717, 1.165) is 30.0 Å². The molecule has 2 aromatic heterocycles. The molecule has 2 heterocycles. The van der Waals surface area contributed by atoms with Crippen LogP contribution in [-0.2, 0) is 6.42 Å². The van der Waals surface area contributed by atoms with E-state index in [1.54, 1.807) is 12.3 Å². The van der Waals surface area contributed by atoms with Gasteiger partial charge in [-0.3, -0.25) is 4.57 Å². The molecule has 0 fully saturated rings. The minimum Gasteiger partial charge on any atom is -0.384 e. The zero-order valence-electron chi connectivity index (χ0n) is 11.9. The van der Waals surface area contributed by atoms with Gasteiger partial charge in [0.2, 0.25) is 0 Å². The zero-order valence-corrected chi connectivity index (χ0v) is 11.9. The van der Waals surface area contributed by atoms with Gasteiger partial charge in [-0.1, -0.05) is 37.3 Å². The lowest BCUT2D eigenvalue weighted by molar-refractivity contribution is 0.797. The van der Waals surface area contributed by atoms with E-state index < -0.39 is 0 Å². The second-order valence-corrected chi connectivity index (χ2v) is 4.80. The standard InChI is InChI=1S/C16H17N5/c1-2-6-14-18-9-10-21(14)15-11-13(17)19-16(20-15)12-7-4-3-5-8-12/h3-5,7-11H,2,6H2,1H3,(H2,17,19,20). The van der Waals surface area contributed by atoms with Crippen LogP contribution in [-0.4, -0.2) is 19.5 Å². The highest BCUT2D eigenvalue weighted by atomic mass is 15.1. The van der Waals surface area contributed by atoms with Crippen LogP contribution in [0.1, 0.15) is 19.2 Å². The first kappa shape index (κ1) is 13.3. The van der Waals surface area contributed by atoms with E-state index in [1.165, 1.54) is 0 Å². The summed E-state index contributed by atoms with van der Waals surface area (Å²) >= 11 is 0. The van der Waals surface area contributed by atoms with Crippen molar-refractivity contribution in [2.24, 2.45) is 0 Å². The second-order valence-electron chi connectivity index (χ2n) is 4.80. The fourth-order valence-electron chi connectivity index (χ4n) is 2.24. The Kier molecular flexibility index (Phi) is 3.64. The molecule has 0 saturated heterocycles. The number of aromatic nitrogens is 4. The van der Waals surface area contributed by atoms with Gasteiger partial charge in [-0.25, -0.2) is 15.0 Å². The lowest BCUT2D eigenvalue weighted by Gasteiger charge is -2.09. The Morgan fingerprint density at radius 3 is 2.71 bits per heavy atom. The molecule has 2 N–H and O–H groups in total. The van der Waals surface area contributed by atoms with E-state index in [4.69, 9.17) is 5.73 Å². The summed E-state index contributed by atoms with van der Waals surface area (Å²) in [7, 11) is 0. The number of hydrogen-bond donors (Lipinski definition) is 1. The Balaban J connectivity index is 2.08. The molecule has 0 aliphatic heterocycles. The van der Waals surface area contributed by atoms with Crippen LogP contribution in [0.5, 0.6) is 0 Å². The molecule has 106 valence electrons. The van der Waals surface area contributed by atoms with Crippen LogP contribution in [0, 0.1) is 0 Å². The van der Waals surface area contributed by atoms with Gasteiger partial charge in [-0.15, -0.1) is 0 Å². The van der Waals surface area contributed by atoms with Crippen LogP contribution in [0.2, 0.25) is 0 Å². The van der Waals surface area contributed by atoms with Crippen molar-refractivity contribution in [3.05, 3.63) is 54.6 Å². The molecule has 0 bridgehead atoms. The van der Waals surface area contributed by atoms with Gasteiger partial charge in [0.15, 0.2) is 5.82 Å². The van der Waals surface area contributed by atoms with Crippen molar-refractivity contribution >= 4 is 5.82 Å². The molecule has 0 saturated carbocycles. The molecule has 0 aliphatic carbocycles. The molecule has 21 heavy (non-hydrogen) atoms. The summed E-state index contributed by atoms with van der Waals surface area (Å²) in [5.41, 5.74) is 6.89. The van der Waals surface area contributed by atoms with Crippen LogP contribution in [0.3, 0.4) is 0 Å². The third kappa shape index (κ3) is 2.76. The highest BCUT2D eigenvalue weighted by molar-refractivity contribution is 5.58. The molecule has 0 atom stereocenters. The van der Waals surface area contributed by atoms with Crippen LogP contribution in [0.4, 0.5) is 5.82 Å². The van der Waals surface area contributed by atoms with Crippen LogP contribution in [0.25, 0.3) is 17.2 Å². The summed E-state index contributed by atoms with van der Waals surface area (Å²) in [5, 5.41) is 0. The number of anilines is 1. The number of nitrogens with two attached hydrogens (primary N) is 1. The molecule has 3 aromatic rings. The number of imidazole rings is 1. The maximum atomic E-state index is 5.94. The predicted octanol–water partition coefficient (Wildman–Crippen LogP) is 2.86. The van der Waals surface area contributed by atoms with E-state index in [1.807, 2.05) is 41.1 Å². The number of nitrogen functional groups attached to an aromatic ring is 1. The fraction of sp³-hybridized carbons (Fsp3) is 0.188. The van der Waals surface area contributed by atoms with Crippen molar-refractivity contribution in [2.75, 3.05) is 5.73 Å². The van der Waals surface area contributed by atoms with Crippen LogP contribution < -0.4 is 5.73 Å². The van der Waals surface area contributed by atoms with E-state index in [-0.39, 0.29) is 0 Å². The molecular formula is C16H17N5. The highest BCUT2D eigenvalue weighted by Gasteiger charge is 2.09. The largest absolute Gasteiger partial charge is 0.384 e. The molecule has 3 rings (SSSR count). The first-order valence-corrected chi connectivity index (χ1v) is 7.00. The summed E-state index contributed by atoms with van der Waals surface area (Å²) in [4.78, 5) is 13.3. The van der Waals surface area contributed by atoms with Gasteiger partial charge in [0.25, 0.3) is 0 Å². The van der Waals surface area contributed by atoms with E-state index in [2.05, 4.69) is 21.9 Å². The average Bonchev–Trinajstić information content (AvgIpc) is 2.96. The number of benzene rings is 1. The zero-order chi connectivity index (χ0) is 14.7.